The van der Waals surface area contributed by atoms with Crippen LogP contribution >= 0.6 is 0 Å². The van der Waals surface area contributed by atoms with Crippen LogP contribution in [0.3, 0.4) is 0 Å². The highest BCUT2D eigenvalue weighted by Gasteiger charge is 2.36. The average molecular weight is 862 g/mol. The highest BCUT2D eigenvalue weighted by molar-refractivity contribution is 7.90. The van der Waals surface area contributed by atoms with Gasteiger partial charge in [-0.15, -0.1) is 0 Å². The molecular weight excluding hydrogens is 811 g/mol. The molecule has 0 aliphatic carbocycles. The van der Waals surface area contributed by atoms with E-state index in [0.29, 0.717) is 62.4 Å². The van der Waals surface area contributed by atoms with Gasteiger partial charge < -0.3 is 39.4 Å². The highest BCUT2D eigenvalue weighted by atomic mass is 32.2. The first-order valence-electron chi connectivity index (χ1n) is 21.4. The van der Waals surface area contributed by atoms with E-state index in [-0.39, 0.29) is 39.8 Å². The minimum absolute atomic E-state index is 0.0181. The lowest BCUT2D eigenvalue weighted by Crippen LogP contribution is -2.55. The third-order valence-electron chi connectivity index (χ3n) is 12.6. The van der Waals surface area contributed by atoms with Crippen molar-refractivity contribution in [2.45, 2.75) is 43.2 Å². The molecule has 6 heterocycles. The van der Waals surface area contributed by atoms with Crippen LogP contribution in [-0.2, 0) is 33.9 Å². The van der Waals surface area contributed by atoms with Gasteiger partial charge in [0.1, 0.15) is 34.2 Å². The van der Waals surface area contributed by atoms with Crippen molar-refractivity contribution in [2.24, 2.45) is 11.8 Å². The van der Waals surface area contributed by atoms with Crippen LogP contribution in [0, 0.1) is 22.0 Å². The molecule has 16 nitrogen and oxygen atoms in total. The first-order chi connectivity index (χ1) is 30.3. The number of fused-ring (bicyclic) bond motifs is 2. The van der Waals surface area contributed by atoms with Gasteiger partial charge in [0.2, 0.25) is 5.91 Å². The van der Waals surface area contributed by atoms with Crippen LogP contribution in [0.15, 0.2) is 90.1 Å². The monoisotopic (exact) mass is 861 g/mol. The molecule has 5 aromatic rings. The number of benzene rings is 3. The number of H-pyrrole nitrogens is 1. The fraction of sp³-hybridized carbons (Fsp3) is 0.400. The smallest absolute Gasteiger partial charge is 0.297 e. The SMILES string of the molecule is O=C(N[S+]([O-])c1ccc(NCC2CCOCC2)c([N+](=O)[O-])c1)c1ccc(N2CCN(C[C@@H]3Cc4ccccc4CN3C(=O)C3CCNC3)CC2)cc1Oc1cnc2[nH]ccc2c1. The van der Waals surface area contributed by atoms with Gasteiger partial charge in [0, 0.05) is 95.0 Å². The number of piperazine rings is 1. The Morgan fingerprint density at radius 3 is 2.60 bits per heavy atom. The predicted molar refractivity (Wildman–Crippen MR) is 236 cm³/mol. The number of nitro benzene ring substituents is 1. The molecule has 4 aliphatic heterocycles. The molecule has 2 unspecified atom stereocenters. The van der Waals surface area contributed by atoms with Crippen molar-refractivity contribution in [3.8, 4) is 11.5 Å². The molecule has 3 aromatic carbocycles. The molecule has 62 heavy (non-hydrogen) atoms. The Hall–Kier alpha value is -5.72. The van der Waals surface area contributed by atoms with E-state index in [1.54, 1.807) is 18.5 Å². The first kappa shape index (κ1) is 41.6. The van der Waals surface area contributed by atoms with E-state index in [2.05, 4.69) is 64.3 Å². The number of amides is 2. The summed E-state index contributed by atoms with van der Waals surface area (Å²) in [6.45, 7) is 7.92. The summed E-state index contributed by atoms with van der Waals surface area (Å²) in [7, 11) is 0. The fourth-order valence-corrected chi connectivity index (χ4v) is 9.81. The molecule has 0 spiro atoms. The predicted octanol–water partition coefficient (Wildman–Crippen LogP) is 5.24. The lowest BCUT2D eigenvalue weighted by molar-refractivity contribution is -0.384. The number of nitro groups is 1. The van der Waals surface area contributed by atoms with Gasteiger partial charge in [0.05, 0.1) is 28.7 Å². The molecular formula is C45H51N9O7S. The summed E-state index contributed by atoms with van der Waals surface area (Å²) in [5, 5.41) is 19.4. The number of hydrogen-bond acceptors (Lipinski definition) is 12. The number of nitrogens with one attached hydrogen (secondary N) is 4. The summed E-state index contributed by atoms with van der Waals surface area (Å²) in [4.78, 5) is 53.7. The van der Waals surface area contributed by atoms with E-state index in [0.717, 1.165) is 69.5 Å². The van der Waals surface area contributed by atoms with Gasteiger partial charge in [-0.1, -0.05) is 24.3 Å². The van der Waals surface area contributed by atoms with Crippen LogP contribution in [-0.4, -0.2) is 113 Å². The van der Waals surface area contributed by atoms with Crippen molar-refractivity contribution in [3.63, 3.8) is 0 Å². The molecule has 17 heteroatoms. The first-order valence-corrected chi connectivity index (χ1v) is 22.5. The Kier molecular flexibility index (Phi) is 12.6. The Morgan fingerprint density at radius 1 is 0.984 bits per heavy atom. The number of nitrogens with zero attached hydrogens (tertiary/aromatic N) is 5. The lowest BCUT2D eigenvalue weighted by Gasteiger charge is -2.43. The second-order valence-corrected chi connectivity index (χ2v) is 17.7. The van der Waals surface area contributed by atoms with Gasteiger partial charge in [-0.25, -0.2) is 4.98 Å². The number of ether oxygens (including phenoxy) is 2. The number of aromatic amines is 1. The maximum atomic E-state index is 13.9. The third-order valence-corrected chi connectivity index (χ3v) is 13.6. The van der Waals surface area contributed by atoms with Crippen molar-refractivity contribution in [1.29, 1.82) is 0 Å². The summed E-state index contributed by atoms with van der Waals surface area (Å²) >= 11 is -2.13. The largest absolute Gasteiger partial charge is 0.588 e. The number of pyridine rings is 1. The molecule has 2 aromatic heterocycles. The van der Waals surface area contributed by atoms with Gasteiger partial charge in [0.15, 0.2) is 4.90 Å². The minimum Gasteiger partial charge on any atom is -0.588 e. The Labute approximate surface area is 362 Å². The van der Waals surface area contributed by atoms with E-state index in [4.69, 9.17) is 9.47 Å². The molecule has 4 N–H and O–H groups in total. The summed E-state index contributed by atoms with van der Waals surface area (Å²) in [6.07, 6.45) is 6.79. The second kappa shape index (κ2) is 18.7. The zero-order valence-corrected chi connectivity index (χ0v) is 35.2. The summed E-state index contributed by atoms with van der Waals surface area (Å²) < 4.78 is 27.9. The molecule has 0 radical (unpaired) electrons. The van der Waals surface area contributed by atoms with Crippen molar-refractivity contribution >= 4 is 51.3 Å². The van der Waals surface area contributed by atoms with Gasteiger partial charge in [-0.2, -0.15) is 4.72 Å². The summed E-state index contributed by atoms with van der Waals surface area (Å²) in [6, 6.07) is 21.8. The standard InChI is InChI=1S/C45H51N9O7S/c55-44(50-62(59)38-6-8-40(41(24-38)54(57)58)48-25-30-11-19-60-20-12-30)39-7-5-35(23-42(39)61-37-22-32-10-14-47-43(32)49-27-37)52-17-15-51(16-18-52)29-36-21-31-3-1-2-4-34(31)28-53(36)45(56)33-9-13-46-26-33/h1-8,10,14,22-24,27,30,33,36,46,48H,9,11-13,15-21,25-26,28-29H2,(H,47,49)(H,50,55)/t33?,36-,62?/m0/s1. The van der Waals surface area contributed by atoms with Gasteiger partial charge in [0.25, 0.3) is 11.6 Å². The number of anilines is 2. The fourth-order valence-electron chi connectivity index (χ4n) is 9.01. The number of aromatic nitrogens is 2. The quantitative estimate of drug-likeness (QED) is 0.0685. The molecule has 0 bridgehead atoms. The van der Waals surface area contributed by atoms with E-state index in [1.165, 1.54) is 29.3 Å². The van der Waals surface area contributed by atoms with Crippen LogP contribution in [0.4, 0.5) is 17.1 Å². The Morgan fingerprint density at radius 2 is 1.81 bits per heavy atom. The number of carbonyl (C=O) groups excluding carboxylic acids is 2. The maximum absolute atomic E-state index is 13.9. The van der Waals surface area contributed by atoms with Crippen LogP contribution in [0.2, 0.25) is 0 Å². The van der Waals surface area contributed by atoms with Gasteiger partial charge in [-0.05, 0) is 85.7 Å². The molecule has 3 atom stereocenters. The van der Waals surface area contributed by atoms with Gasteiger partial charge in [-0.3, -0.25) is 24.6 Å². The molecule has 3 fully saturated rings. The van der Waals surface area contributed by atoms with Crippen LogP contribution in [0.25, 0.3) is 11.0 Å². The minimum atomic E-state index is -2.13. The molecule has 324 valence electrons. The Bertz CT molecular complexity index is 2410. The van der Waals surface area contributed by atoms with Crippen LogP contribution in [0.1, 0.15) is 40.7 Å². The van der Waals surface area contributed by atoms with Crippen LogP contribution in [0.5, 0.6) is 11.5 Å². The zero-order chi connectivity index (χ0) is 42.6. The van der Waals surface area contributed by atoms with E-state index in [1.807, 2.05) is 24.3 Å². The maximum Gasteiger partial charge on any atom is 0.297 e. The van der Waals surface area contributed by atoms with E-state index >= 15 is 0 Å². The van der Waals surface area contributed by atoms with Crippen molar-refractivity contribution < 1.29 is 28.5 Å². The molecule has 9 rings (SSSR count). The van der Waals surface area contributed by atoms with Gasteiger partial charge >= 0.3 is 0 Å². The topological polar surface area (TPSA) is 193 Å². The number of hydrogen-bond donors (Lipinski definition) is 4. The molecule has 4 aliphatic rings. The molecule has 3 saturated heterocycles. The van der Waals surface area contributed by atoms with Crippen LogP contribution < -0.4 is 25.0 Å². The third kappa shape index (κ3) is 9.36. The summed E-state index contributed by atoms with van der Waals surface area (Å²) in [5.74, 6) is 0.577. The lowest BCUT2D eigenvalue weighted by atomic mass is 9.92. The number of carbonyl (C=O) groups is 2. The van der Waals surface area contributed by atoms with Crippen molar-refractivity contribution in [2.75, 3.05) is 75.8 Å². The molecule has 2 amide bonds. The average Bonchev–Trinajstić information content (AvgIpc) is 4.02. The van der Waals surface area contributed by atoms with Crippen molar-refractivity contribution in [1.82, 2.24) is 29.8 Å². The highest BCUT2D eigenvalue weighted by Crippen LogP contribution is 2.34. The normalized spacial score (nSPS) is 20.1. The van der Waals surface area contributed by atoms with Crippen molar-refractivity contribution in [3.05, 3.63) is 112 Å². The zero-order valence-electron chi connectivity index (χ0n) is 34.4. The number of rotatable bonds is 13. The second-order valence-electron chi connectivity index (χ2n) is 16.5. The summed E-state index contributed by atoms with van der Waals surface area (Å²) in [5.41, 5.74) is 4.31. The Balaban J connectivity index is 0.898. The van der Waals surface area contributed by atoms with E-state index < -0.39 is 22.2 Å². The van der Waals surface area contributed by atoms with E-state index in [9.17, 15) is 24.3 Å². The molecule has 0 saturated carbocycles.